The van der Waals surface area contributed by atoms with Crippen LogP contribution in [0.15, 0.2) is 12.4 Å². The van der Waals surface area contributed by atoms with Gasteiger partial charge in [-0.3, -0.25) is 9.78 Å². The summed E-state index contributed by atoms with van der Waals surface area (Å²) in [5.74, 6) is -0.773. The Kier molecular flexibility index (Phi) is 2.22. The van der Waals surface area contributed by atoms with E-state index in [2.05, 4.69) is 4.98 Å². The number of carbonyl (C=O) groups is 1. The molecule has 70 valence electrons. The SMILES string of the molecule is O=Cc1c(O)cncc1C(F)(F)F. The monoisotopic (exact) mass is 191 g/mol. The Morgan fingerprint density at radius 3 is 2.38 bits per heavy atom. The van der Waals surface area contributed by atoms with Crippen LogP contribution in [0.3, 0.4) is 0 Å². The molecule has 0 spiro atoms. The van der Waals surface area contributed by atoms with E-state index in [1.807, 2.05) is 0 Å². The molecule has 0 aliphatic heterocycles. The van der Waals surface area contributed by atoms with Gasteiger partial charge in [0.15, 0.2) is 6.29 Å². The number of pyridine rings is 1. The van der Waals surface area contributed by atoms with Crippen LogP contribution in [0.25, 0.3) is 0 Å². The van der Waals surface area contributed by atoms with Gasteiger partial charge < -0.3 is 5.11 Å². The smallest absolute Gasteiger partial charge is 0.418 e. The number of carbonyl (C=O) groups excluding carboxylic acids is 1. The molecule has 1 heterocycles. The standard InChI is InChI=1S/C7H4F3NO2/c8-7(9,10)5-1-11-2-6(13)4(5)3-12/h1-3,13H. The number of hydrogen-bond donors (Lipinski definition) is 1. The molecular formula is C7H4F3NO2. The lowest BCUT2D eigenvalue weighted by atomic mass is 10.1. The van der Waals surface area contributed by atoms with E-state index in [4.69, 9.17) is 5.11 Å². The Balaban J connectivity index is 3.37. The van der Waals surface area contributed by atoms with Gasteiger partial charge in [-0.1, -0.05) is 0 Å². The predicted octanol–water partition coefficient (Wildman–Crippen LogP) is 1.62. The second-order valence-electron chi connectivity index (χ2n) is 2.24. The van der Waals surface area contributed by atoms with Crippen LogP contribution < -0.4 is 0 Å². The minimum absolute atomic E-state index is 0.0557. The first-order chi connectivity index (χ1) is 5.96. The average molecular weight is 191 g/mol. The van der Waals surface area contributed by atoms with Crippen molar-refractivity contribution in [2.45, 2.75) is 6.18 Å². The van der Waals surface area contributed by atoms with Crippen molar-refractivity contribution in [2.75, 3.05) is 0 Å². The number of rotatable bonds is 1. The Hall–Kier alpha value is -1.59. The molecule has 0 aliphatic carbocycles. The third-order valence-electron chi connectivity index (χ3n) is 1.39. The molecule has 6 heteroatoms. The fourth-order valence-corrected chi connectivity index (χ4v) is 0.809. The lowest BCUT2D eigenvalue weighted by Crippen LogP contribution is -2.09. The molecule has 1 aromatic rings. The van der Waals surface area contributed by atoms with Crippen molar-refractivity contribution in [2.24, 2.45) is 0 Å². The van der Waals surface area contributed by atoms with E-state index in [1.54, 1.807) is 0 Å². The quantitative estimate of drug-likeness (QED) is 0.686. The van der Waals surface area contributed by atoms with Crippen LogP contribution in [-0.2, 0) is 6.18 Å². The summed E-state index contributed by atoms with van der Waals surface area (Å²) in [4.78, 5) is 13.3. The summed E-state index contributed by atoms with van der Waals surface area (Å²) in [7, 11) is 0. The number of aromatic nitrogens is 1. The Morgan fingerprint density at radius 1 is 1.38 bits per heavy atom. The van der Waals surface area contributed by atoms with Crippen LogP contribution >= 0.6 is 0 Å². The van der Waals surface area contributed by atoms with Gasteiger partial charge in [0.2, 0.25) is 0 Å². The zero-order valence-corrected chi connectivity index (χ0v) is 6.17. The van der Waals surface area contributed by atoms with Crippen LogP contribution in [0.4, 0.5) is 13.2 Å². The number of nitrogens with zero attached hydrogens (tertiary/aromatic N) is 1. The number of hydrogen-bond acceptors (Lipinski definition) is 3. The minimum Gasteiger partial charge on any atom is -0.506 e. The zero-order valence-electron chi connectivity index (χ0n) is 6.17. The molecule has 1 aromatic heterocycles. The third kappa shape index (κ3) is 1.77. The maximum atomic E-state index is 12.1. The summed E-state index contributed by atoms with van der Waals surface area (Å²) in [6.45, 7) is 0. The Labute approximate surface area is 70.8 Å². The van der Waals surface area contributed by atoms with Gasteiger partial charge in [0.25, 0.3) is 0 Å². The first-order valence-electron chi connectivity index (χ1n) is 3.16. The molecule has 0 fully saturated rings. The summed E-state index contributed by atoms with van der Waals surface area (Å²) >= 11 is 0. The molecule has 0 bridgehead atoms. The van der Waals surface area contributed by atoms with Crippen molar-refractivity contribution >= 4 is 6.29 Å². The van der Waals surface area contributed by atoms with E-state index in [-0.39, 0.29) is 6.29 Å². The van der Waals surface area contributed by atoms with Crippen molar-refractivity contribution in [3.63, 3.8) is 0 Å². The average Bonchev–Trinajstić information content (AvgIpc) is 2.02. The molecule has 0 saturated carbocycles. The van der Waals surface area contributed by atoms with Crippen LogP contribution in [-0.4, -0.2) is 16.4 Å². The molecule has 0 amide bonds. The molecule has 0 radical (unpaired) electrons. The number of aldehydes is 1. The molecular weight excluding hydrogens is 187 g/mol. The molecule has 0 saturated heterocycles. The van der Waals surface area contributed by atoms with Crippen molar-refractivity contribution in [1.82, 2.24) is 4.98 Å². The summed E-state index contributed by atoms with van der Waals surface area (Å²) in [5, 5.41) is 8.86. The highest BCUT2D eigenvalue weighted by atomic mass is 19.4. The summed E-state index contributed by atoms with van der Waals surface area (Å²) in [6, 6.07) is 0. The normalized spacial score (nSPS) is 11.3. The van der Waals surface area contributed by atoms with Crippen LogP contribution in [0.5, 0.6) is 5.75 Å². The van der Waals surface area contributed by atoms with E-state index in [9.17, 15) is 18.0 Å². The minimum atomic E-state index is -4.68. The third-order valence-corrected chi connectivity index (χ3v) is 1.39. The lowest BCUT2D eigenvalue weighted by Gasteiger charge is -2.08. The van der Waals surface area contributed by atoms with Gasteiger partial charge in [0, 0.05) is 6.20 Å². The Bertz CT molecular complexity index is 335. The molecule has 0 atom stereocenters. The first kappa shape index (κ1) is 9.50. The van der Waals surface area contributed by atoms with E-state index >= 15 is 0 Å². The maximum absolute atomic E-state index is 12.1. The lowest BCUT2D eigenvalue weighted by molar-refractivity contribution is -0.138. The number of aromatic hydroxyl groups is 1. The number of halogens is 3. The van der Waals surface area contributed by atoms with E-state index < -0.39 is 23.1 Å². The van der Waals surface area contributed by atoms with Gasteiger partial charge in [-0.25, -0.2) is 0 Å². The molecule has 13 heavy (non-hydrogen) atoms. The molecule has 1 rings (SSSR count). The highest BCUT2D eigenvalue weighted by Gasteiger charge is 2.34. The van der Waals surface area contributed by atoms with Crippen LogP contribution in [0.2, 0.25) is 0 Å². The summed E-state index contributed by atoms with van der Waals surface area (Å²) < 4.78 is 36.3. The molecule has 0 unspecified atom stereocenters. The Morgan fingerprint density at radius 2 is 2.00 bits per heavy atom. The second-order valence-corrected chi connectivity index (χ2v) is 2.24. The van der Waals surface area contributed by atoms with Gasteiger partial charge in [-0.15, -0.1) is 0 Å². The zero-order chi connectivity index (χ0) is 10.1. The van der Waals surface area contributed by atoms with E-state index in [0.29, 0.717) is 6.20 Å². The van der Waals surface area contributed by atoms with Crippen LogP contribution in [0, 0.1) is 0 Å². The number of alkyl halides is 3. The predicted molar refractivity (Wildman–Crippen MR) is 36.3 cm³/mol. The van der Waals surface area contributed by atoms with E-state index in [0.717, 1.165) is 6.20 Å². The summed E-state index contributed by atoms with van der Waals surface area (Å²) in [6.07, 6.45) is -3.47. The largest absolute Gasteiger partial charge is 0.506 e. The second kappa shape index (κ2) is 3.04. The molecule has 0 aromatic carbocycles. The van der Waals surface area contributed by atoms with Gasteiger partial charge in [0.1, 0.15) is 5.75 Å². The van der Waals surface area contributed by atoms with Crippen molar-refractivity contribution in [3.05, 3.63) is 23.5 Å². The first-order valence-corrected chi connectivity index (χ1v) is 3.16. The fraction of sp³-hybridized carbons (Fsp3) is 0.143. The highest BCUT2D eigenvalue weighted by Crippen LogP contribution is 2.33. The van der Waals surface area contributed by atoms with Gasteiger partial charge in [0.05, 0.1) is 17.3 Å². The van der Waals surface area contributed by atoms with Gasteiger partial charge in [-0.2, -0.15) is 13.2 Å². The van der Waals surface area contributed by atoms with Gasteiger partial charge >= 0.3 is 6.18 Å². The fourth-order valence-electron chi connectivity index (χ4n) is 0.809. The maximum Gasteiger partial charge on any atom is 0.418 e. The van der Waals surface area contributed by atoms with E-state index in [1.165, 1.54) is 0 Å². The molecule has 1 N–H and O–H groups in total. The topological polar surface area (TPSA) is 50.2 Å². The highest BCUT2D eigenvalue weighted by molar-refractivity contribution is 5.81. The summed E-state index contributed by atoms with van der Waals surface area (Å²) in [5.41, 5.74) is -2.02. The van der Waals surface area contributed by atoms with Crippen molar-refractivity contribution in [1.29, 1.82) is 0 Å². The van der Waals surface area contributed by atoms with Crippen molar-refractivity contribution < 1.29 is 23.1 Å². The molecule has 0 aliphatic rings. The molecule has 3 nitrogen and oxygen atoms in total. The van der Waals surface area contributed by atoms with Gasteiger partial charge in [-0.05, 0) is 0 Å². The van der Waals surface area contributed by atoms with Crippen LogP contribution in [0.1, 0.15) is 15.9 Å². The van der Waals surface area contributed by atoms with Crippen molar-refractivity contribution in [3.8, 4) is 5.75 Å².